The SMILES string of the molecule is O=C(O)c1ccccc1CCNc1ncnc2c1CCC2. The summed E-state index contributed by atoms with van der Waals surface area (Å²) in [4.78, 5) is 19.8. The molecule has 0 unspecified atom stereocenters. The van der Waals surface area contributed by atoms with E-state index in [0.29, 0.717) is 18.5 Å². The molecule has 0 atom stereocenters. The molecule has 21 heavy (non-hydrogen) atoms. The van der Waals surface area contributed by atoms with Gasteiger partial charge in [0.1, 0.15) is 12.1 Å². The largest absolute Gasteiger partial charge is 0.478 e. The second-order valence-electron chi connectivity index (χ2n) is 5.14. The van der Waals surface area contributed by atoms with Crippen LogP contribution in [0, 0.1) is 0 Å². The van der Waals surface area contributed by atoms with Crippen LogP contribution >= 0.6 is 0 Å². The minimum atomic E-state index is -0.881. The molecule has 108 valence electrons. The fraction of sp³-hybridized carbons (Fsp3) is 0.312. The Kier molecular flexibility index (Phi) is 3.81. The topological polar surface area (TPSA) is 75.1 Å². The molecule has 2 N–H and O–H groups in total. The Bertz CT molecular complexity index is 670. The van der Waals surface area contributed by atoms with Crippen LogP contribution in [0.5, 0.6) is 0 Å². The summed E-state index contributed by atoms with van der Waals surface area (Å²) in [5.74, 6) is 0.0128. The molecule has 0 bridgehead atoms. The number of hydrogen-bond acceptors (Lipinski definition) is 4. The van der Waals surface area contributed by atoms with Crippen molar-refractivity contribution in [2.24, 2.45) is 0 Å². The maximum absolute atomic E-state index is 11.2. The van der Waals surface area contributed by atoms with Crippen LogP contribution in [0.3, 0.4) is 0 Å². The summed E-state index contributed by atoms with van der Waals surface area (Å²) in [5.41, 5.74) is 3.55. The van der Waals surface area contributed by atoms with Crippen LogP contribution in [0.1, 0.15) is 33.6 Å². The molecular formula is C16H17N3O2. The van der Waals surface area contributed by atoms with Crippen LogP contribution in [0.4, 0.5) is 5.82 Å². The number of nitrogens with zero attached hydrogens (tertiary/aromatic N) is 2. The van der Waals surface area contributed by atoms with E-state index < -0.39 is 5.97 Å². The van der Waals surface area contributed by atoms with E-state index in [-0.39, 0.29) is 0 Å². The average Bonchev–Trinajstić information content (AvgIpc) is 2.97. The minimum Gasteiger partial charge on any atom is -0.478 e. The van der Waals surface area contributed by atoms with Gasteiger partial charge in [0.2, 0.25) is 0 Å². The minimum absolute atomic E-state index is 0.368. The molecule has 0 saturated carbocycles. The molecular weight excluding hydrogens is 266 g/mol. The molecule has 5 heteroatoms. The maximum Gasteiger partial charge on any atom is 0.335 e. The lowest BCUT2D eigenvalue weighted by Crippen LogP contribution is -2.11. The van der Waals surface area contributed by atoms with Crippen molar-refractivity contribution in [1.29, 1.82) is 0 Å². The van der Waals surface area contributed by atoms with Crippen LogP contribution in [-0.4, -0.2) is 27.6 Å². The Morgan fingerprint density at radius 1 is 1.24 bits per heavy atom. The molecule has 1 aliphatic carbocycles. The number of aromatic carboxylic acids is 1. The first-order valence-electron chi connectivity index (χ1n) is 7.13. The van der Waals surface area contributed by atoms with E-state index in [1.807, 2.05) is 12.1 Å². The van der Waals surface area contributed by atoms with Crippen molar-refractivity contribution in [3.05, 3.63) is 53.0 Å². The zero-order chi connectivity index (χ0) is 14.7. The van der Waals surface area contributed by atoms with Gasteiger partial charge in [-0.3, -0.25) is 0 Å². The predicted octanol–water partition coefficient (Wildman–Crippen LogP) is 2.32. The molecule has 2 aromatic rings. The number of aryl methyl sites for hydroxylation is 1. The van der Waals surface area contributed by atoms with Gasteiger partial charge in [-0.05, 0) is 37.3 Å². The molecule has 5 nitrogen and oxygen atoms in total. The van der Waals surface area contributed by atoms with Crippen LogP contribution in [0.25, 0.3) is 0 Å². The number of carboxylic acids is 1. The molecule has 0 spiro atoms. The van der Waals surface area contributed by atoms with Gasteiger partial charge in [0.05, 0.1) is 5.56 Å². The lowest BCUT2D eigenvalue weighted by atomic mass is 10.0. The third-order valence-electron chi connectivity index (χ3n) is 3.81. The van der Waals surface area contributed by atoms with E-state index in [4.69, 9.17) is 5.11 Å². The lowest BCUT2D eigenvalue weighted by Gasteiger charge is -2.10. The summed E-state index contributed by atoms with van der Waals surface area (Å²) < 4.78 is 0. The smallest absolute Gasteiger partial charge is 0.335 e. The highest BCUT2D eigenvalue weighted by molar-refractivity contribution is 5.89. The van der Waals surface area contributed by atoms with Gasteiger partial charge in [-0.2, -0.15) is 0 Å². The first-order chi connectivity index (χ1) is 10.3. The fourth-order valence-electron chi connectivity index (χ4n) is 2.77. The summed E-state index contributed by atoms with van der Waals surface area (Å²) in [6.07, 6.45) is 5.42. The number of carboxylic acid groups (broad SMARTS) is 1. The Labute approximate surface area is 123 Å². The molecule has 0 aliphatic heterocycles. The Morgan fingerprint density at radius 2 is 2.10 bits per heavy atom. The van der Waals surface area contributed by atoms with Crippen molar-refractivity contribution >= 4 is 11.8 Å². The van der Waals surface area contributed by atoms with Crippen molar-refractivity contribution in [2.45, 2.75) is 25.7 Å². The van der Waals surface area contributed by atoms with Gasteiger partial charge in [-0.1, -0.05) is 18.2 Å². The summed E-state index contributed by atoms with van der Waals surface area (Å²) in [6, 6.07) is 7.11. The molecule has 1 aromatic carbocycles. The number of anilines is 1. The fourth-order valence-corrected chi connectivity index (χ4v) is 2.77. The number of nitrogens with one attached hydrogen (secondary N) is 1. The van der Waals surface area contributed by atoms with Gasteiger partial charge >= 0.3 is 5.97 Å². The van der Waals surface area contributed by atoms with Crippen molar-refractivity contribution in [2.75, 3.05) is 11.9 Å². The normalized spacial score (nSPS) is 13.0. The van der Waals surface area contributed by atoms with E-state index in [1.165, 1.54) is 5.56 Å². The van der Waals surface area contributed by atoms with Crippen LogP contribution < -0.4 is 5.32 Å². The quantitative estimate of drug-likeness (QED) is 0.880. The second kappa shape index (κ2) is 5.91. The predicted molar refractivity (Wildman–Crippen MR) is 79.7 cm³/mol. The Hall–Kier alpha value is -2.43. The van der Waals surface area contributed by atoms with Crippen molar-refractivity contribution in [3.8, 4) is 0 Å². The molecule has 3 rings (SSSR count). The molecule has 0 fully saturated rings. The van der Waals surface area contributed by atoms with Crippen LogP contribution in [0.2, 0.25) is 0 Å². The number of benzene rings is 1. The summed E-state index contributed by atoms with van der Waals surface area (Å²) in [5, 5.41) is 12.5. The van der Waals surface area contributed by atoms with E-state index in [0.717, 1.165) is 36.3 Å². The van der Waals surface area contributed by atoms with E-state index >= 15 is 0 Å². The zero-order valence-electron chi connectivity index (χ0n) is 11.7. The highest BCUT2D eigenvalue weighted by atomic mass is 16.4. The van der Waals surface area contributed by atoms with Crippen LogP contribution in [-0.2, 0) is 19.3 Å². The number of rotatable bonds is 5. The third kappa shape index (κ3) is 2.86. The van der Waals surface area contributed by atoms with E-state index in [1.54, 1.807) is 18.5 Å². The molecule has 0 radical (unpaired) electrons. The zero-order valence-corrected chi connectivity index (χ0v) is 11.7. The lowest BCUT2D eigenvalue weighted by molar-refractivity contribution is 0.0695. The van der Waals surface area contributed by atoms with Crippen molar-refractivity contribution in [1.82, 2.24) is 9.97 Å². The van der Waals surface area contributed by atoms with Gasteiger partial charge in [0.25, 0.3) is 0 Å². The second-order valence-corrected chi connectivity index (χ2v) is 5.14. The third-order valence-corrected chi connectivity index (χ3v) is 3.81. The van der Waals surface area contributed by atoms with Gasteiger partial charge in [0, 0.05) is 17.8 Å². The highest BCUT2D eigenvalue weighted by Crippen LogP contribution is 2.25. The molecule has 1 aromatic heterocycles. The first-order valence-corrected chi connectivity index (χ1v) is 7.13. The number of aromatic nitrogens is 2. The van der Waals surface area contributed by atoms with Gasteiger partial charge in [-0.25, -0.2) is 14.8 Å². The van der Waals surface area contributed by atoms with Crippen LogP contribution in [0.15, 0.2) is 30.6 Å². The molecule has 0 saturated heterocycles. The monoisotopic (exact) mass is 283 g/mol. The van der Waals surface area contributed by atoms with Crippen molar-refractivity contribution in [3.63, 3.8) is 0 Å². The highest BCUT2D eigenvalue weighted by Gasteiger charge is 2.16. The average molecular weight is 283 g/mol. The van der Waals surface area contributed by atoms with E-state index in [9.17, 15) is 4.79 Å². The molecule has 1 heterocycles. The molecule has 1 aliphatic rings. The standard InChI is InChI=1S/C16H17N3O2/c20-16(21)12-5-2-1-4-11(12)8-9-17-15-13-6-3-7-14(13)18-10-19-15/h1-2,4-5,10H,3,6-9H2,(H,20,21)(H,17,18,19). The van der Waals surface area contributed by atoms with Gasteiger partial charge in [0.15, 0.2) is 0 Å². The Balaban J connectivity index is 1.68. The molecule has 0 amide bonds. The van der Waals surface area contributed by atoms with Gasteiger partial charge < -0.3 is 10.4 Å². The van der Waals surface area contributed by atoms with Crippen molar-refractivity contribution < 1.29 is 9.90 Å². The summed E-state index contributed by atoms with van der Waals surface area (Å²) in [6.45, 7) is 0.660. The first kappa shape index (κ1) is 13.5. The summed E-state index contributed by atoms with van der Waals surface area (Å²) >= 11 is 0. The maximum atomic E-state index is 11.2. The number of fused-ring (bicyclic) bond motifs is 1. The number of carbonyl (C=O) groups is 1. The van der Waals surface area contributed by atoms with Gasteiger partial charge in [-0.15, -0.1) is 0 Å². The Morgan fingerprint density at radius 3 is 2.95 bits per heavy atom. The number of hydrogen-bond donors (Lipinski definition) is 2. The van der Waals surface area contributed by atoms with E-state index in [2.05, 4.69) is 15.3 Å². The summed E-state index contributed by atoms with van der Waals surface area (Å²) in [7, 11) is 0.